The molecule has 1 unspecified atom stereocenters. The molecular formula is C24H23FN2O4S. The van der Waals surface area contributed by atoms with E-state index in [0.29, 0.717) is 22.8 Å². The number of rotatable bonds is 6. The summed E-state index contributed by atoms with van der Waals surface area (Å²) < 4.78 is 53.4. The number of benzene rings is 3. The van der Waals surface area contributed by atoms with Gasteiger partial charge in [0.05, 0.1) is 30.9 Å². The van der Waals surface area contributed by atoms with E-state index >= 15 is 0 Å². The van der Waals surface area contributed by atoms with Gasteiger partial charge in [-0.1, -0.05) is 35.9 Å². The topological polar surface area (TPSA) is 68.2 Å². The van der Waals surface area contributed by atoms with Gasteiger partial charge in [0.25, 0.3) is 10.0 Å². The zero-order valence-electron chi connectivity index (χ0n) is 17.9. The minimum absolute atomic E-state index is 0.0988. The van der Waals surface area contributed by atoms with Gasteiger partial charge in [0, 0.05) is 17.5 Å². The van der Waals surface area contributed by atoms with Gasteiger partial charge >= 0.3 is 0 Å². The molecule has 0 saturated carbocycles. The number of nitrogens with zero attached hydrogens (tertiary/aromatic N) is 2. The minimum atomic E-state index is -4.02. The molecule has 0 N–H and O–H groups in total. The van der Waals surface area contributed by atoms with Gasteiger partial charge in [-0.3, -0.25) is 0 Å². The van der Waals surface area contributed by atoms with Gasteiger partial charge < -0.3 is 9.47 Å². The van der Waals surface area contributed by atoms with Crippen molar-refractivity contribution in [2.75, 3.05) is 14.2 Å². The van der Waals surface area contributed by atoms with E-state index in [1.54, 1.807) is 48.5 Å². The van der Waals surface area contributed by atoms with E-state index in [9.17, 15) is 12.8 Å². The first-order valence-electron chi connectivity index (χ1n) is 10.0. The molecule has 1 aliphatic heterocycles. The smallest absolute Gasteiger partial charge is 0.279 e. The van der Waals surface area contributed by atoms with Gasteiger partial charge in [-0.15, -0.1) is 0 Å². The van der Waals surface area contributed by atoms with Crippen molar-refractivity contribution in [3.05, 3.63) is 89.2 Å². The second-order valence-electron chi connectivity index (χ2n) is 7.45. The van der Waals surface area contributed by atoms with Crippen LogP contribution in [0, 0.1) is 12.7 Å². The molecule has 3 aromatic rings. The molecular weight excluding hydrogens is 431 g/mol. The van der Waals surface area contributed by atoms with Crippen LogP contribution in [0.3, 0.4) is 0 Å². The van der Waals surface area contributed by atoms with Crippen molar-refractivity contribution in [2.45, 2.75) is 24.3 Å². The molecule has 0 amide bonds. The van der Waals surface area contributed by atoms with Crippen molar-refractivity contribution in [3.63, 3.8) is 0 Å². The molecule has 0 aliphatic carbocycles. The van der Waals surface area contributed by atoms with Gasteiger partial charge in [0.15, 0.2) is 11.5 Å². The minimum Gasteiger partial charge on any atom is -0.493 e. The Morgan fingerprint density at radius 3 is 2.31 bits per heavy atom. The molecule has 0 bridgehead atoms. The first-order chi connectivity index (χ1) is 15.3. The summed E-state index contributed by atoms with van der Waals surface area (Å²) in [5, 5.41) is 4.46. The highest BCUT2D eigenvalue weighted by Gasteiger charge is 2.39. The van der Waals surface area contributed by atoms with Gasteiger partial charge in [0.1, 0.15) is 5.82 Å². The van der Waals surface area contributed by atoms with Crippen LogP contribution in [0.15, 0.2) is 76.7 Å². The van der Waals surface area contributed by atoms with Crippen molar-refractivity contribution < 1.29 is 22.3 Å². The largest absolute Gasteiger partial charge is 0.493 e. The summed E-state index contributed by atoms with van der Waals surface area (Å²) in [5.74, 6) is 0.560. The third-order valence-electron chi connectivity index (χ3n) is 5.42. The fourth-order valence-electron chi connectivity index (χ4n) is 3.70. The predicted octanol–water partition coefficient (Wildman–Crippen LogP) is 4.69. The molecule has 32 heavy (non-hydrogen) atoms. The Bertz CT molecular complexity index is 1270. The zero-order valence-corrected chi connectivity index (χ0v) is 18.8. The quantitative estimate of drug-likeness (QED) is 0.542. The van der Waals surface area contributed by atoms with Gasteiger partial charge in [-0.2, -0.15) is 17.9 Å². The zero-order chi connectivity index (χ0) is 22.9. The standard InChI is InChI=1S/C24H23FN2O4S/c1-16-8-11-18(12-9-16)32(28,29)27-22(19-6-4-5-7-20(19)25)15-21(26-27)17-10-13-23(30-2)24(14-17)31-3/h4-14,22H,15H2,1-3H3. The fraction of sp³-hybridized carbons (Fsp3) is 0.208. The molecule has 166 valence electrons. The summed E-state index contributed by atoms with van der Waals surface area (Å²) in [6, 6.07) is 17.1. The number of ether oxygens (including phenoxy) is 2. The molecule has 8 heteroatoms. The number of sulfonamides is 1. The van der Waals surface area contributed by atoms with Crippen LogP contribution in [0.1, 0.15) is 29.2 Å². The highest BCUT2D eigenvalue weighted by Crippen LogP contribution is 2.39. The van der Waals surface area contributed by atoms with Crippen molar-refractivity contribution in [1.29, 1.82) is 0 Å². The monoisotopic (exact) mass is 454 g/mol. The SMILES string of the molecule is COc1ccc(C2=NN(S(=O)(=O)c3ccc(C)cc3)C(c3ccccc3F)C2)cc1OC. The average molecular weight is 455 g/mol. The third kappa shape index (κ3) is 3.93. The van der Waals surface area contributed by atoms with Crippen LogP contribution in [0.25, 0.3) is 0 Å². The summed E-state index contributed by atoms with van der Waals surface area (Å²) in [6.07, 6.45) is 0.210. The van der Waals surface area contributed by atoms with E-state index in [0.717, 1.165) is 9.98 Å². The Labute approximate surface area is 187 Å². The van der Waals surface area contributed by atoms with Crippen LogP contribution in [-0.4, -0.2) is 32.8 Å². The molecule has 3 aromatic carbocycles. The van der Waals surface area contributed by atoms with Crippen LogP contribution in [-0.2, 0) is 10.0 Å². The van der Waals surface area contributed by atoms with Gasteiger partial charge in [-0.05, 0) is 43.3 Å². The number of hydrogen-bond acceptors (Lipinski definition) is 5. The van der Waals surface area contributed by atoms with Crippen LogP contribution in [0.2, 0.25) is 0 Å². The lowest BCUT2D eigenvalue weighted by molar-refractivity contribution is 0.355. The van der Waals surface area contributed by atoms with E-state index in [4.69, 9.17) is 9.47 Å². The maximum atomic E-state index is 14.7. The summed E-state index contributed by atoms with van der Waals surface area (Å²) in [7, 11) is -0.957. The van der Waals surface area contributed by atoms with Crippen molar-refractivity contribution in [2.24, 2.45) is 5.10 Å². The van der Waals surface area contributed by atoms with E-state index in [2.05, 4.69) is 5.10 Å². The Kier molecular flexibility index (Phi) is 5.88. The number of halogens is 1. The fourth-order valence-corrected chi connectivity index (χ4v) is 5.12. The lowest BCUT2D eigenvalue weighted by atomic mass is 9.98. The van der Waals surface area contributed by atoms with Crippen LogP contribution >= 0.6 is 0 Å². The Hall–Kier alpha value is -3.39. The average Bonchev–Trinajstić information content (AvgIpc) is 3.25. The van der Waals surface area contributed by atoms with Gasteiger partial charge in [-0.25, -0.2) is 4.39 Å². The highest BCUT2D eigenvalue weighted by molar-refractivity contribution is 7.89. The molecule has 0 saturated heterocycles. The Balaban J connectivity index is 1.82. The first kappa shape index (κ1) is 21.8. The third-order valence-corrected chi connectivity index (χ3v) is 7.12. The maximum Gasteiger partial charge on any atom is 0.279 e. The summed E-state index contributed by atoms with van der Waals surface area (Å²) in [4.78, 5) is 0.0988. The second-order valence-corrected chi connectivity index (χ2v) is 9.24. The molecule has 6 nitrogen and oxygen atoms in total. The van der Waals surface area contributed by atoms with Gasteiger partial charge in [0.2, 0.25) is 0 Å². The predicted molar refractivity (Wildman–Crippen MR) is 120 cm³/mol. The molecule has 1 aliphatic rings. The van der Waals surface area contributed by atoms with Crippen LogP contribution < -0.4 is 9.47 Å². The van der Waals surface area contributed by atoms with Crippen LogP contribution in [0.5, 0.6) is 11.5 Å². The maximum absolute atomic E-state index is 14.7. The molecule has 0 spiro atoms. The summed E-state index contributed by atoms with van der Waals surface area (Å²) in [5.41, 5.74) is 2.38. The van der Waals surface area contributed by atoms with E-state index < -0.39 is 21.9 Å². The first-order valence-corrected chi connectivity index (χ1v) is 11.4. The lowest BCUT2D eigenvalue weighted by Crippen LogP contribution is -2.28. The van der Waals surface area contributed by atoms with E-state index in [1.165, 1.54) is 32.4 Å². The number of aryl methyl sites for hydroxylation is 1. The molecule has 1 atom stereocenters. The highest BCUT2D eigenvalue weighted by atomic mass is 32.2. The number of hydrogen-bond donors (Lipinski definition) is 0. The van der Waals surface area contributed by atoms with E-state index in [-0.39, 0.29) is 16.9 Å². The van der Waals surface area contributed by atoms with E-state index in [1.807, 2.05) is 6.92 Å². The summed E-state index contributed by atoms with van der Waals surface area (Å²) >= 11 is 0. The Morgan fingerprint density at radius 1 is 0.969 bits per heavy atom. The molecule has 0 aromatic heterocycles. The second kappa shape index (κ2) is 8.63. The number of hydrazone groups is 1. The molecule has 0 fully saturated rings. The molecule has 0 radical (unpaired) electrons. The lowest BCUT2D eigenvalue weighted by Gasteiger charge is -2.23. The number of methoxy groups -OCH3 is 2. The Morgan fingerprint density at radius 2 is 1.66 bits per heavy atom. The molecule has 1 heterocycles. The summed E-state index contributed by atoms with van der Waals surface area (Å²) in [6.45, 7) is 1.88. The molecule has 4 rings (SSSR count). The van der Waals surface area contributed by atoms with Crippen LogP contribution in [0.4, 0.5) is 4.39 Å². The normalized spacial score (nSPS) is 16.1. The van der Waals surface area contributed by atoms with Crippen molar-refractivity contribution in [3.8, 4) is 11.5 Å². The van der Waals surface area contributed by atoms with Crippen molar-refractivity contribution in [1.82, 2.24) is 4.41 Å². The van der Waals surface area contributed by atoms with Crippen molar-refractivity contribution >= 4 is 15.7 Å².